The number of aromatic nitrogens is 2. The molecule has 0 atom stereocenters. The molecular formula is C14H13BrN2O5. The van der Waals surface area contributed by atoms with Gasteiger partial charge in [-0.1, -0.05) is 0 Å². The summed E-state index contributed by atoms with van der Waals surface area (Å²) in [5.41, 5.74) is 0.673. The standard InChI is InChI=1S/C14H13BrN2O5/c1-17-9(6-8(16-17)14(19)20)11-12(18)7(15)5-10-13(11)22-4-2-3-21-10/h5-6,18H,2-4H2,1H3,(H,19,20). The molecule has 0 bridgehead atoms. The molecule has 1 aliphatic rings. The number of halogens is 1. The number of aryl methyl sites for hydroxylation is 1. The van der Waals surface area contributed by atoms with E-state index < -0.39 is 5.97 Å². The lowest BCUT2D eigenvalue weighted by Crippen LogP contribution is -2.01. The number of aromatic carboxylic acids is 1. The van der Waals surface area contributed by atoms with Crippen molar-refractivity contribution in [3.8, 4) is 28.5 Å². The van der Waals surface area contributed by atoms with Gasteiger partial charge in [-0.25, -0.2) is 4.79 Å². The maximum Gasteiger partial charge on any atom is 0.356 e. The topological polar surface area (TPSA) is 93.8 Å². The summed E-state index contributed by atoms with van der Waals surface area (Å²) in [6.07, 6.45) is 0.720. The van der Waals surface area contributed by atoms with Crippen molar-refractivity contribution in [2.24, 2.45) is 7.05 Å². The zero-order valence-electron chi connectivity index (χ0n) is 11.7. The first-order valence-corrected chi connectivity index (χ1v) is 7.37. The molecule has 7 nitrogen and oxygen atoms in total. The van der Waals surface area contributed by atoms with Crippen LogP contribution in [0.1, 0.15) is 16.9 Å². The smallest absolute Gasteiger partial charge is 0.356 e. The van der Waals surface area contributed by atoms with Crippen LogP contribution in [0.5, 0.6) is 17.2 Å². The molecule has 3 rings (SSSR count). The summed E-state index contributed by atoms with van der Waals surface area (Å²) in [4.78, 5) is 11.1. The summed E-state index contributed by atoms with van der Waals surface area (Å²) in [6, 6.07) is 3.02. The molecule has 116 valence electrons. The molecule has 2 heterocycles. The zero-order valence-corrected chi connectivity index (χ0v) is 13.3. The molecule has 1 aromatic carbocycles. The van der Waals surface area contributed by atoms with E-state index in [9.17, 15) is 9.90 Å². The van der Waals surface area contributed by atoms with Crippen LogP contribution in [-0.2, 0) is 7.05 Å². The number of hydrogen-bond donors (Lipinski definition) is 2. The Labute approximate surface area is 134 Å². The third kappa shape index (κ3) is 2.39. The Hall–Kier alpha value is -2.22. The molecule has 0 spiro atoms. The summed E-state index contributed by atoms with van der Waals surface area (Å²) >= 11 is 3.28. The van der Waals surface area contributed by atoms with Crippen molar-refractivity contribution < 1.29 is 24.5 Å². The van der Waals surface area contributed by atoms with Crippen LogP contribution < -0.4 is 9.47 Å². The summed E-state index contributed by atoms with van der Waals surface area (Å²) in [5.74, 6) is -0.308. The van der Waals surface area contributed by atoms with Crippen LogP contribution in [0.15, 0.2) is 16.6 Å². The summed E-state index contributed by atoms with van der Waals surface area (Å²) in [5, 5.41) is 23.4. The van der Waals surface area contributed by atoms with Gasteiger partial charge in [0.05, 0.1) is 28.9 Å². The maximum atomic E-state index is 11.1. The molecule has 8 heteroatoms. The Morgan fingerprint density at radius 1 is 1.36 bits per heavy atom. The van der Waals surface area contributed by atoms with E-state index in [4.69, 9.17) is 14.6 Å². The minimum absolute atomic E-state index is 0.0517. The fourth-order valence-corrected chi connectivity index (χ4v) is 2.71. The predicted octanol–water partition coefficient (Wildman–Crippen LogP) is 2.41. The summed E-state index contributed by atoms with van der Waals surface area (Å²) < 4.78 is 13.2. The molecule has 0 fully saturated rings. The molecule has 0 radical (unpaired) electrons. The molecule has 2 aromatic rings. The van der Waals surface area contributed by atoms with Gasteiger partial charge in [0.15, 0.2) is 17.2 Å². The Balaban J connectivity index is 2.25. The highest BCUT2D eigenvalue weighted by atomic mass is 79.9. The molecule has 0 saturated heterocycles. The van der Waals surface area contributed by atoms with Crippen molar-refractivity contribution in [3.05, 3.63) is 22.3 Å². The number of carboxylic acid groups (broad SMARTS) is 1. The molecule has 0 unspecified atom stereocenters. The maximum absolute atomic E-state index is 11.1. The Kier molecular flexibility index (Phi) is 3.69. The minimum atomic E-state index is -1.14. The van der Waals surface area contributed by atoms with Gasteiger partial charge in [0.1, 0.15) is 5.75 Å². The number of carboxylic acids is 1. The lowest BCUT2D eigenvalue weighted by molar-refractivity contribution is 0.0689. The van der Waals surface area contributed by atoms with Gasteiger partial charge in [-0.3, -0.25) is 4.68 Å². The van der Waals surface area contributed by atoms with Crippen LogP contribution in [0.3, 0.4) is 0 Å². The SMILES string of the molecule is Cn1nc(C(=O)O)cc1-c1c(O)c(Br)cc2c1OCCCO2. The Morgan fingerprint density at radius 3 is 2.77 bits per heavy atom. The normalized spacial score (nSPS) is 13.7. The highest BCUT2D eigenvalue weighted by Crippen LogP contribution is 2.48. The molecule has 1 aliphatic heterocycles. The van der Waals surface area contributed by atoms with Crippen molar-refractivity contribution in [1.29, 1.82) is 0 Å². The van der Waals surface area contributed by atoms with E-state index in [1.807, 2.05) is 0 Å². The van der Waals surface area contributed by atoms with Crippen LogP contribution in [0.25, 0.3) is 11.3 Å². The molecular weight excluding hydrogens is 356 g/mol. The van der Waals surface area contributed by atoms with Crippen LogP contribution in [0, 0.1) is 0 Å². The van der Waals surface area contributed by atoms with E-state index >= 15 is 0 Å². The van der Waals surface area contributed by atoms with Crippen molar-refractivity contribution in [1.82, 2.24) is 9.78 Å². The van der Waals surface area contributed by atoms with Crippen molar-refractivity contribution in [2.45, 2.75) is 6.42 Å². The molecule has 0 aliphatic carbocycles. The third-order valence-electron chi connectivity index (χ3n) is 3.32. The average molecular weight is 369 g/mol. The van der Waals surface area contributed by atoms with Crippen LogP contribution in [0.4, 0.5) is 0 Å². The monoisotopic (exact) mass is 368 g/mol. The number of carbonyl (C=O) groups is 1. The van der Waals surface area contributed by atoms with E-state index in [0.29, 0.717) is 40.4 Å². The van der Waals surface area contributed by atoms with Gasteiger partial charge in [-0.15, -0.1) is 0 Å². The quantitative estimate of drug-likeness (QED) is 0.845. The van der Waals surface area contributed by atoms with Crippen LogP contribution >= 0.6 is 15.9 Å². The van der Waals surface area contributed by atoms with E-state index in [-0.39, 0.29) is 11.4 Å². The average Bonchev–Trinajstić information content (AvgIpc) is 2.70. The number of ether oxygens (including phenoxy) is 2. The zero-order chi connectivity index (χ0) is 15.9. The van der Waals surface area contributed by atoms with Gasteiger partial charge in [-0.2, -0.15) is 5.10 Å². The molecule has 1 aromatic heterocycles. The molecule has 0 saturated carbocycles. The highest BCUT2D eigenvalue weighted by Gasteiger charge is 2.26. The Morgan fingerprint density at radius 2 is 2.09 bits per heavy atom. The van der Waals surface area contributed by atoms with Gasteiger partial charge in [0, 0.05) is 19.5 Å². The first kappa shape index (κ1) is 14.7. The van der Waals surface area contributed by atoms with Gasteiger partial charge in [-0.05, 0) is 22.0 Å². The largest absolute Gasteiger partial charge is 0.506 e. The summed E-state index contributed by atoms with van der Waals surface area (Å²) in [7, 11) is 1.60. The fourth-order valence-electron chi connectivity index (χ4n) is 2.31. The number of aromatic hydroxyl groups is 1. The lowest BCUT2D eigenvalue weighted by Gasteiger charge is -2.15. The first-order valence-electron chi connectivity index (χ1n) is 6.58. The van der Waals surface area contributed by atoms with Crippen molar-refractivity contribution in [2.75, 3.05) is 13.2 Å². The number of benzene rings is 1. The second-order valence-corrected chi connectivity index (χ2v) is 5.66. The lowest BCUT2D eigenvalue weighted by atomic mass is 10.1. The van der Waals surface area contributed by atoms with Gasteiger partial charge >= 0.3 is 5.97 Å². The predicted molar refractivity (Wildman–Crippen MR) is 80.6 cm³/mol. The van der Waals surface area contributed by atoms with E-state index in [2.05, 4.69) is 21.0 Å². The molecule has 2 N–H and O–H groups in total. The van der Waals surface area contributed by atoms with E-state index in [1.54, 1.807) is 13.1 Å². The number of rotatable bonds is 2. The van der Waals surface area contributed by atoms with Crippen molar-refractivity contribution in [3.63, 3.8) is 0 Å². The van der Waals surface area contributed by atoms with Crippen molar-refractivity contribution >= 4 is 21.9 Å². The van der Waals surface area contributed by atoms with E-state index in [0.717, 1.165) is 6.42 Å². The van der Waals surface area contributed by atoms with Gasteiger partial charge in [0.25, 0.3) is 0 Å². The summed E-state index contributed by atoms with van der Waals surface area (Å²) in [6.45, 7) is 0.958. The third-order valence-corrected chi connectivity index (χ3v) is 3.92. The Bertz CT molecular complexity index is 756. The number of fused-ring (bicyclic) bond motifs is 1. The number of hydrogen-bond acceptors (Lipinski definition) is 5. The minimum Gasteiger partial charge on any atom is -0.506 e. The van der Waals surface area contributed by atoms with Crippen LogP contribution in [0.2, 0.25) is 0 Å². The number of phenols is 1. The van der Waals surface area contributed by atoms with Gasteiger partial charge in [0.2, 0.25) is 0 Å². The molecule has 22 heavy (non-hydrogen) atoms. The fraction of sp³-hybridized carbons (Fsp3) is 0.286. The molecule has 0 amide bonds. The van der Waals surface area contributed by atoms with Crippen LogP contribution in [-0.4, -0.2) is 39.2 Å². The highest BCUT2D eigenvalue weighted by molar-refractivity contribution is 9.10. The first-order chi connectivity index (χ1) is 10.5. The van der Waals surface area contributed by atoms with Gasteiger partial charge < -0.3 is 19.7 Å². The second kappa shape index (κ2) is 5.53. The number of phenolic OH excluding ortho intramolecular Hbond substituents is 1. The van der Waals surface area contributed by atoms with E-state index in [1.165, 1.54) is 10.7 Å². The second-order valence-electron chi connectivity index (χ2n) is 4.80. The number of nitrogens with zero attached hydrogens (tertiary/aromatic N) is 2.